The van der Waals surface area contributed by atoms with Gasteiger partial charge in [-0.2, -0.15) is 0 Å². The van der Waals surface area contributed by atoms with Gasteiger partial charge in [-0.3, -0.25) is 9.59 Å². The van der Waals surface area contributed by atoms with E-state index in [0.29, 0.717) is 12.8 Å². The monoisotopic (exact) mass is 346 g/mol. The number of anilines is 1. The summed E-state index contributed by atoms with van der Waals surface area (Å²) < 4.78 is 33.1. The maximum Gasteiger partial charge on any atom is 0.249 e. The largest absolute Gasteiger partial charge is 0.469 e. The van der Waals surface area contributed by atoms with Gasteiger partial charge in [-0.05, 0) is 37.1 Å². The number of halogens is 2. The van der Waals surface area contributed by atoms with Crippen LogP contribution in [0.2, 0.25) is 0 Å². The van der Waals surface area contributed by atoms with Gasteiger partial charge in [0, 0.05) is 18.4 Å². The number of rotatable bonds is 4. The lowest BCUT2D eigenvalue weighted by Gasteiger charge is -2.18. The average molecular weight is 346 g/mol. The van der Waals surface area contributed by atoms with Gasteiger partial charge in [0.25, 0.3) is 0 Å². The first-order chi connectivity index (χ1) is 12.1. The van der Waals surface area contributed by atoms with Crippen LogP contribution in [0.4, 0.5) is 14.5 Å². The van der Waals surface area contributed by atoms with Gasteiger partial charge in [0.1, 0.15) is 29.1 Å². The van der Waals surface area contributed by atoms with E-state index in [4.69, 9.17) is 4.42 Å². The third-order valence-corrected chi connectivity index (χ3v) is 4.77. The Balaban J connectivity index is 1.42. The second-order valence-electron chi connectivity index (χ2n) is 6.37. The fourth-order valence-electron chi connectivity index (χ4n) is 3.36. The average Bonchev–Trinajstić information content (AvgIpc) is 3.05. The zero-order chi connectivity index (χ0) is 17.6. The van der Waals surface area contributed by atoms with Crippen molar-refractivity contribution in [1.29, 1.82) is 0 Å². The highest BCUT2D eigenvalue weighted by Gasteiger charge is 2.47. The molecule has 0 radical (unpaired) electrons. The first kappa shape index (κ1) is 15.8. The molecule has 3 atom stereocenters. The van der Waals surface area contributed by atoms with Crippen LogP contribution in [0.3, 0.4) is 0 Å². The maximum atomic E-state index is 13.9. The van der Waals surface area contributed by atoms with E-state index < -0.39 is 23.6 Å². The summed E-state index contributed by atoms with van der Waals surface area (Å²) in [7, 11) is 0. The molecule has 2 heterocycles. The number of carbonyl (C=O) groups excluding carboxylic acids is 2. The maximum absolute atomic E-state index is 13.9. The second kappa shape index (κ2) is 5.98. The molecule has 1 aromatic heterocycles. The van der Waals surface area contributed by atoms with Crippen molar-refractivity contribution in [3.63, 3.8) is 0 Å². The van der Waals surface area contributed by atoms with Crippen LogP contribution in [0.1, 0.15) is 24.5 Å². The van der Waals surface area contributed by atoms with Gasteiger partial charge in [-0.15, -0.1) is 0 Å². The van der Waals surface area contributed by atoms with E-state index >= 15 is 0 Å². The van der Waals surface area contributed by atoms with Crippen molar-refractivity contribution in [3.8, 4) is 0 Å². The highest BCUT2D eigenvalue weighted by atomic mass is 19.1. The van der Waals surface area contributed by atoms with Crippen molar-refractivity contribution in [1.82, 2.24) is 5.32 Å². The molecule has 0 bridgehead atoms. The normalized spacial score (nSPS) is 25.3. The molecular weight excluding hydrogens is 330 g/mol. The summed E-state index contributed by atoms with van der Waals surface area (Å²) in [6.45, 7) is 0.161. The Hall–Kier alpha value is -2.70. The van der Waals surface area contributed by atoms with Crippen LogP contribution in [0, 0.1) is 17.6 Å². The smallest absolute Gasteiger partial charge is 0.249 e. The summed E-state index contributed by atoms with van der Waals surface area (Å²) in [4.78, 5) is 25.8. The number of nitrogens with one attached hydrogen (secondary N) is 1. The second-order valence-corrected chi connectivity index (χ2v) is 6.37. The number of para-hydroxylation sites is 1. The van der Waals surface area contributed by atoms with Crippen LogP contribution in [-0.2, 0) is 9.59 Å². The standard InChI is InChI=1S/C18H16F2N2O3/c19-12-3-1-4-13(20)16(12)22-7-6-14(18(22)24)21-17(23)11-9-10(11)15-5-2-8-25-15/h1-5,8,10-11,14H,6-7,9H2,(H,21,23). The Labute approximate surface area is 142 Å². The van der Waals surface area contributed by atoms with Gasteiger partial charge in [-0.1, -0.05) is 6.07 Å². The molecule has 2 aromatic rings. The summed E-state index contributed by atoms with van der Waals surface area (Å²) in [6.07, 6.45) is 2.55. The SMILES string of the molecule is O=C(NC1CCN(c2c(F)cccc2F)C1=O)C1CC1c1ccco1. The Morgan fingerprint density at radius 3 is 2.64 bits per heavy atom. The molecule has 1 saturated carbocycles. The van der Waals surface area contributed by atoms with E-state index in [9.17, 15) is 18.4 Å². The first-order valence-corrected chi connectivity index (χ1v) is 8.15. The minimum absolute atomic E-state index is 0.0339. The van der Waals surface area contributed by atoms with Gasteiger partial charge in [0.05, 0.1) is 6.26 Å². The number of benzene rings is 1. The fourth-order valence-corrected chi connectivity index (χ4v) is 3.36. The van der Waals surface area contributed by atoms with Crippen molar-refractivity contribution < 1.29 is 22.8 Å². The summed E-state index contributed by atoms with van der Waals surface area (Å²) in [5.74, 6) is -1.73. The predicted octanol–water partition coefficient (Wildman–Crippen LogP) is 2.58. The molecule has 1 aromatic carbocycles. The molecule has 1 N–H and O–H groups in total. The molecule has 2 fully saturated rings. The lowest BCUT2D eigenvalue weighted by molar-refractivity contribution is -0.127. The van der Waals surface area contributed by atoms with E-state index in [1.807, 2.05) is 6.07 Å². The van der Waals surface area contributed by atoms with Crippen LogP contribution < -0.4 is 10.2 Å². The minimum Gasteiger partial charge on any atom is -0.469 e. The minimum atomic E-state index is -0.791. The summed E-state index contributed by atoms with van der Waals surface area (Å²) in [5.41, 5.74) is -0.357. The molecule has 2 aliphatic rings. The summed E-state index contributed by atoms with van der Waals surface area (Å²) >= 11 is 0. The lowest BCUT2D eigenvalue weighted by Crippen LogP contribution is -2.42. The van der Waals surface area contributed by atoms with E-state index in [0.717, 1.165) is 22.8 Å². The third-order valence-electron chi connectivity index (χ3n) is 4.77. The summed E-state index contributed by atoms with van der Waals surface area (Å²) in [6, 6.07) is 6.29. The molecule has 5 nitrogen and oxygen atoms in total. The van der Waals surface area contributed by atoms with E-state index in [1.165, 1.54) is 6.07 Å². The predicted molar refractivity (Wildman–Crippen MR) is 84.8 cm³/mol. The van der Waals surface area contributed by atoms with Gasteiger partial charge in [0.15, 0.2) is 0 Å². The Bertz CT molecular complexity index is 801. The van der Waals surface area contributed by atoms with Crippen molar-refractivity contribution in [3.05, 3.63) is 54.0 Å². The molecule has 2 amide bonds. The third kappa shape index (κ3) is 2.79. The van der Waals surface area contributed by atoms with Crippen LogP contribution >= 0.6 is 0 Å². The molecule has 7 heteroatoms. The number of hydrogen-bond donors (Lipinski definition) is 1. The van der Waals surface area contributed by atoms with Crippen molar-refractivity contribution in [2.45, 2.75) is 24.8 Å². The molecule has 130 valence electrons. The van der Waals surface area contributed by atoms with E-state index in [2.05, 4.69) is 5.32 Å². The van der Waals surface area contributed by atoms with Crippen LogP contribution in [0.25, 0.3) is 0 Å². The van der Waals surface area contributed by atoms with E-state index in [1.54, 1.807) is 12.3 Å². The van der Waals surface area contributed by atoms with Gasteiger partial charge < -0.3 is 14.6 Å². The Morgan fingerprint density at radius 1 is 1.20 bits per heavy atom. The topological polar surface area (TPSA) is 62.6 Å². The number of nitrogens with zero attached hydrogens (tertiary/aromatic N) is 1. The molecule has 1 saturated heterocycles. The van der Waals surface area contributed by atoms with Crippen LogP contribution in [0.5, 0.6) is 0 Å². The zero-order valence-electron chi connectivity index (χ0n) is 13.2. The number of amides is 2. The molecule has 1 aliphatic heterocycles. The molecule has 25 heavy (non-hydrogen) atoms. The Morgan fingerprint density at radius 2 is 1.96 bits per heavy atom. The highest BCUT2D eigenvalue weighted by Crippen LogP contribution is 2.47. The van der Waals surface area contributed by atoms with Crippen molar-refractivity contribution in [2.24, 2.45) is 5.92 Å². The fraction of sp³-hybridized carbons (Fsp3) is 0.333. The summed E-state index contributed by atoms with van der Waals surface area (Å²) in [5, 5.41) is 2.70. The molecular formula is C18H16F2N2O3. The molecule has 0 spiro atoms. The first-order valence-electron chi connectivity index (χ1n) is 8.15. The van der Waals surface area contributed by atoms with Gasteiger partial charge in [0.2, 0.25) is 11.8 Å². The molecule has 4 rings (SSSR count). The van der Waals surface area contributed by atoms with Crippen molar-refractivity contribution >= 4 is 17.5 Å². The van der Waals surface area contributed by atoms with Gasteiger partial charge >= 0.3 is 0 Å². The number of hydrogen-bond acceptors (Lipinski definition) is 3. The van der Waals surface area contributed by atoms with E-state index in [-0.39, 0.29) is 30.0 Å². The molecule has 3 unspecified atom stereocenters. The highest BCUT2D eigenvalue weighted by molar-refractivity contribution is 6.02. The van der Waals surface area contributed by atoms with Gasteiger partial charge in [-0.25, -0.2) is 8.78 Å². The zero-order valence-corrected chi connectivity index (χ0v) is 13.2. The van der Waals surface area contributed by atoms with Crippen LogP contribution in [-0.4, -0.2) is 24.4 Å². The number of furan rings is 1. The van der Waals surface area contributed by atoms with Crippen molar-refractivity contribution in [2.75, 3.05) is 11.4 Å². The lowest BCUT2D eigenvalue weighted by atomic mass is 10.2. The molecule has 1 aliphatic carbocycles. The quantitative estimate of drug-likeness (QED) is 0.926. The van der Waals surface area contributed by atoms with Crippen LogP contribution in [0.15, 0.2) is 41.0 Å². The number of carbonyl (C=O) groups is 2. The Kier molecular flexibility index (Phi) is 3.78.